The Morgan fingerprint density at radius 2 is 1.68 bits per heavy atom. The molecular formula is C26H25F2N3O2S. The second-order valence-electron chi connectivity index (χ2n) is 7.92. The number of fused-ring (bicyclic) bond motifs is 1. The summed E-state index contributed by atoms with van der Waals surface area (Å²) in [7, 11) is -3.77. The summed E-state index contributed by atoms with van der Waals surface area (Å²) in [6.45, 7) is 1.20. The lowest BCUT2D eigenvalue weighted by atomic mass is 10.0. The van der Waals surface area contributed by atoms with Crippen LogP contribution in [-0.4, -0.2) is 33.0 Å². The fourth-order valence-corrected chi connectivity index (χ4v) is 5.08. The third-order valence-corrected chi connectivity index (χ3v) is 7.02. The zero-order valence-corrected chi connectivity index (χ0v) is 19.3. The molecule has 2 N–H and O–H groups in total. The van der Waals surface area contributed by atoms with E-state index in [1.807, 2.05) is 36.4 Å². The molecule has 5 nitrogen and oxygen atoms in total. The second-order valence-corrected chi connectivity index (χ2v) is 9.66. The van der Waals surface area contributed by atoms with Gasteiger partial charge in [0, 0.05) is 42.3 Å². The van der Waals surface area contributed by atoms with E-state index >= 15 is 0 Å². The fourth-order valence-electron chi connectivity index (χ4n) is 3.80. The number of benzene rings is 3. The number of hydrogen-bond donors (Lipinski definition) is 2. The van der Waals surface area contributed by atoms with Gasteiger partial charge in [-0.1, -0.05) is 36.4 Å². The summed E-state index contributed by atoms with van der Waals surface area (Å²) < 4.78 is 55.6. The number of pyridine rings is 1. The van der Waals surface area contributed by atoms with E-state index in [2.05, 4.69) is 15.0 Å². The van der Waals surface area contributed by atoms with Gasteiger partial charge < -0.3 is 5.32 Å². The van der Waals surface area contributed by atoms with Gasteiger partial charge in [-0.05, 0) is 60.3 Å². The first kappa shape index (κ1) is 23.9. The van der Waals surface area contributed by atoms with E-state index in [9.17, 15) is 17.2 Å². The maximum Gasteiger partial charge on any atom is 0.241 e. The van der Waals surface area contributed by atoms with Crippen LogP contribution in [0.4, 0.5) is 8.78 Å². The Morgan fingerprint density at radius 1 is 0.853 bits per heavy atom. The van der Waals surface area contributed by atoms with Crippen molar-refractivity contribution in [2.24, 2.45) is 0 Å². The third kappa shape index (κ3) is 5.83. The minimum absolute atomic E-state index is 0.204. The molecule has 3 aromatic carbocycles. The van der Waals surface area contributed by atoms with E-state index < -0.39 is 21.7 Å². The van der Waals surface area contributed by atoms with Crippen LogP contribution >= 0.6 is 0 Å². The lowest BCUT2D eigenvalue weighted by molar-refractivity contribution is 0.561. The Hall–Kier alpha value is -3.20. The van der Waals surface area contributed by atoms with E-state index in [0.29, 0.717) is 36.9 Å². The van der Waals surface area contributed by atoms with Gasteiger partial charge in [-0.25, -0.2) is 21.9 Å². The summed E-state index contributed by atoms with van der Waals surface area (Å²) in [4.78, 5) is 4.35. The monoisotopic (exact) mass is 481 g/mol. The molecule has 176 valence electrons. The smallest absolute Gasteiger partial charge is 0.241 e. The molecule has 0 saturated heterocycles. The molecule has 0 aliphatic heterocycles. The highest BCUT2D eigenvalue weighted by Crippen LogP contribution is 2.30. The maximum absolute atomic E-state index is 13.7. The molecule has 0 saturated carbocycles. The van der Waals surface area contributed by atoms with Crippen molar-refractivity contribution in [2.75, 3.05) is 19.6 Å². The second kappa shape index (κ2) is 10.8. The average molecular weight is 482 g/mol. The first-order chi connectivity index (χ1) is 16.4. The first-order valence-electron chi connectivity index (χ1n) is 11.0. The molecular weight excluding hydrogens is 456 g/mol. The largest absolute Gasteiger partial charge is 0.315 e. The van der Waals surface area contributed by atoms with Crippen molar-refractivity contribution < 1.29 is 17.2 Å². The van der Waals surface area contributed by atoms with Crippen molar-refractivity contribution in [1.29, 1.82) is 0 Å². The van der Waals surface area contributed by atoms with Crippen molar-refractivity contribution in [3.05, 3.63) is 96.3 Å². The Morgan fingerprint density at radius 3 is 2.47 bits per heavy atom. The van der Waals surface area contributed by atoms with Crippen molar-refractivity contribution in [3.63, 3.8) is 0 Å². The third-order valence-electron chi connectivity index (χ3n) is 5.52. The van der Waals surface area contributed by atoms with Gasteiger partial charge in [0.15, 0.2) is 0 Å². The van der Waals surface area contributed by atoms with Gasteiger partial charge in [-0.15, -0.1) is 0 Å². The predicted octanol–water partition coefficient (Wildman–Crippen LogP) is 4.68. The number of nitrogens with one attached hydrogen (secondary N) is 2. The summed E-state index contributed by atoms with van der Waals surface area (Å²) in [5.41, 5.74) is 2.18. The summed E-state index contributed by atoms with van der Waals surface area (Å²) in [5.74, 6) is -1.14. The molecule has 0 aliphatic rings. The molecule has 0 aliphatic carbocycles. The number of aromatic nitrogens is 1. The van der Waals surface area contributed by atoms with Gasteiger partial charge in [-0.2, -0.15) is 0 Å². The molecule has 0 unspecified atom stereocenters. The molecule has 0 atom stereocenters. The van der Waals surface area contributed by atoms with Crippen LogP contribution in [0.15, 0.2) is 84.0 Å². The fraction of sp³-hybridized carbons (Fsp3) is 0.192. The number of rotatable bonds is 10. The van der Waals surface area contributed by atoms with E-state index in [4.69, 9.17) is 0 Å². The highest BCUT2D eigenvalue weighted by Gasteiger charge is 2.18. The molecule has 0 amide bonds. The van der Waals surface area contributed by atoms with Crippen LogP contribution < -0.4 is 10.0 Å². The van der Waals surface area contributed by atoms with Crippen molar-refractivity contribution in [2.45, 2.75) is 17.7 Å². The molecule has 8 heteroatoms. The number of halogens is 2. The molecule has 0 spiro atoms. The molecule has 0 radical (unpaired) electrons. The van der Waals surface area contributed by atoms with Crippen molar-refractivity contribution >= 4 is 20.8 Å². The number of sulfonamides is 1. The van der Waals surface area contributed by atoms with Crippen LogP contribution in [0.25, 0.3) is 21.9 Å². The zero-order valence-electron chi connectivity index (χ0n) is 18.5. The highest BCUT2D eigenvalue weighted by atomic mass is 32.2. The minimum atomic E-state index is -3.77. The number of nitrogens with zero attached hydrogens (tertiary/aromatic N) is 1. The van der Waals surface area contributed by atoms with Gasteiger partial charge in [-0.3, -0.25) is 4.98 Å². The Kier molecular flexibility index (Phi) is 7.62. The zero-order chi connectivity index (χ0) is 24.0. The molecule has 34 heavy (non-hydrogen) atoms. The summed E-state index contributed by atoms with van der Waals surface area (Å²) in [6, 6.07) is 18.5. The van der Waals surface area contributed by atoms with Crippen LogP contribution in [-0.2, 0) is 16.4 Å². The van der Waals surface area contributed by atoms with Crippen LogP contribution in [0.2, 0.25) is 0 Å². The van der Waals surface area contributed by atoms with Gasteiger partial charge in [0.25, 0.3) is 0 Å². The Balaban J connectivity index is 1.37. The van der Waals surface area contributed by atoms with Crippen LogP contribution in [0.5, 0.6) is 0 Å². The van der Waals surface area contributed by atoms with Crippen LogP contribution in [0.1, 0.15) is 12.0 Å². The molecule has 1 heterocycles. The predicted molar refractivity (Wildman–Crippen MR) is 130 cm³/mol. The molecule has 4 aromatic rings. The van der Waals surface area contributed by atoms with E-state index in [1.165, 1.54) is 12.1 Å². The number of aryl methyl sites for hydroxylation is 1. The minimum Gasteiger partial charge on any atom is -0.315 e. The van der Waals surface area contributed by atoms with E-state index in [0.717, 1.165) is 22.6 Å². The Labute approximate surface area is 197 Å². The van der Waals surface area contributed by atoms with Crippen molar-refractivity contribution in [1.82, 2.24) is 15.0 Å². The topological polar surface area (TPSA) is 71.1 Å². The highest BCUT2D eigenvalue weighted by molar-refractivity contribution is 7.89. The maximum atomic E-state index is 13.7. The molecule has 4 rings (SSSR count). The van der Waals surface area contributed by atoms with Gasteiger partial charge in [0.05, 0.1) is 4.90 Å². The molecule has 1 aromatic heterocycles. The quantitative estimate of drug-likeness (QED) is 0.323. The SMILES string of the molecule is O=S(=O)(NCCNCCCc1ccc(F)cc1F)c1cc(-c2ccccc2)cc2cnccc12. The summed E-state index contributed by atoms with van der Waals surface area (Å²) in [6.07, 6.45) is 4.35. The average Bonchev–Trinajstić information content (AvgIpc) is 2.84. The van der Waals surface area contributed by atoms with E-state index in [-0.39, 0.29) is 11.4 Å². The Bertz CT molecular complexity index is 1380. The van der Waals surface area contributed by atoms with Crippen molar-refractivity contribution in [3.8, 4) is 11.1 Å². The van der Waals surface area contributed by atoms with Crippen LogP contribution in [0.3, 0.4) is 0 Å². The lowest BCUT2D eigenvalue weighted by Gasteiger charge is -2.13. The van der Waals surface area contributed by atoms with Gasteiger partial charge >= 0.3 is 0 Å². The van der Waals surface area contributed by atoms with E-state index in [1.54, 1.807) is 24.5 Å². The van der Waals surface area contributed by atoms with Gasteiger partial charge in [0.2, 0.25) is 10.0 Å². The standard InChI is InChI=1S/C26H25F2N3O2S/c27-23-9-8-20(25(28)17-23)7-4-11-29-13-14-31-34(32,33)26-16-21(19-5-2-1-3-6-19)15-22-18-30-12-10-24(22)26/h1-3,5-6,8-10,12,15-18,29,31H,4,7,11,13-14H2. The lowest BCUT2D eigenvalue weighted by Crippen LogP contribution is -2.32. The number of hydrogen-bond acceptors (Lipinski definition) is 4. The van der Waals surface area contributed by atoms with Gasteiger partial charge in [0.1, 0.15) is 11.6 Å². The summed E-state index contributed by atoms with van der Waals surface area (Å²) in [5, 5.41) is 4.51. The first-order valence-corrected chi connectivity index (χ1v) is 12.5. The summed E-state index contributed by atoms with van der Waals surface area (Å²) >= 11 is 0. The van der Waals surface area contributed by atoms with Crippen LogP contribution in [0, 0.1) is 11.6 Å². The normalized spacial score (nSPS) is 11.7. The molecule has 0 fully saturated rings. The molecule has 0 bridgehead atoms.